The summed E-state index contributed by atoms with van der Waals surface area (Å²) in [5.41, 5.74) is 6.95. The van der Waals surface area contributed by atoms with Crippen molar-refractivity contribution in [3.63, 3.8) is 0 Å². The van der Waals surface area contributed by atoms with Crippen LogP contribution in [0.1, 0.15) is 66.4 Å². The van der Waals surface area contributed by atoms with Gasteiger partial charge in [0.05, 0.1) is 38.5 Å². The molecule has 6 aromatic carbocycles. The highest BCUT2D eigenvalue weighted by molar-refractivity contribution is 6.74. The predicted molar refractivity (Wildman–Crippen MR) is 269 cm³/mol. The fourth-order valence-corrected chi connectivity index (χ4v) is 7.95. The second-order valence-corrected chi connectivity index (χ2v) is 23.0. The van der Waals surface area contributed by atoms with Gasteiger partial charge in [-0.05, 0) is 120 Å². The van der Waals surface area contributed by atoms with Crippen molar-refractivity contribution in [1.29, 1.82) is 0 Å². The minimum Gasteiger partial charge on any atom is -0.543 e. The van der Waals surface area contributed by atoms with Gasteiger partial charge in [-0.3, -0.25) is 4.79 Å². The lowest BCUT2D eigenvalue weighted by Crippen LogP contribution is -2.40. The maximum absolute atomic E-state index is 12.8. The zero-order valence-electron chi connectivity index (χ0n) is 39.1. The Morgan fingerprint density at radius 2 is 1.00 bits per heavy atom. The number of ketones is 1. The third kappa shape index (κ3) is 13.4. The number of ether oxygens (including phenoxy) is 2. The molecule has 0 saturated carbocycles. The molecule has 0 aliphatic carbocycles. The van der Waals surface area contributed by atoms with Gasteiger partial charge in [0, 0.05) is 11.1 Å². The number of imidazole rings is 2. The lowest BCUT2D eigenvalue weighted by atomic mass is 9.97. The zero-order chi connectivity index (χ0) is 51.0. The summed E-state index contributed by atoms with van der Waals surface area (Å²) in [6, 6.07) is 36.1. The van der Waals surface area contributed by atoms with E-state index in [1.54, 1.807) is 6.07 Å². The number of fused-ring (bicyclic) bond motifs is 2. The van der Waals surface area contributed by atoms with Crippen LogP contribution in [-0.4, -0.2) is 39.4 Å². The first-order chi connectivity index (χ1) is 33.0. The number of hydrogen-bond acceptors (Lipinski definition) is 6. The van der Waals surface area contributed by atoms with E-state index in [0.29, 0.717) is 34.5 Å². The molecule has 0 bridgehead atoms. The normalized spacial score (nSPS) is 11.9. The molecule has 8 aromatic rings. The topological polar surface area (TPSA) is 102 Å². The molecule has 8 nitrogen and oxygen atoms in total. The average Bonchev–Trinajstić information content (AvgIpc) is 3.93. The summed E-state index contributed by atoms with van der Waals surface area (Å²) < 4.78 is 93.9. The molecule has 0 spiro atoms. The summed E-state index contributed by atoms with van der Waals surface area (Å²) in [5, 5.41) is 0.249. The van der Waals surface area contributed by atoms with Crippen LogP contribution in [0.4, 0.5) is 26.3 Å². The van der Waals surface area contributed by atoms with Crippen molar-refractivity contribution in [2.75, 3.05) is 5.34 Å². The first kappa shape index (κ1) is 52.8. The van der Waals surface area contributed by atoms with E-state index in [9.17, 15) is 31.1 Å². The third-order valence-corrected chi connectivity index (χ3v) is 15.9. The van der Waals surface area contributed by atoms with Crippen LogP contribution in [0.3, 0.4) is 0 Å². The van der Waals surface area contributed by atoms with Gasteiger partial charge in [-0.25, -0.2) is 9.97 Å². The molecule has 0 saturated heterocycles. The van der Waals surface area contributed by atoms with Gasteiger partial charge in [-0.1, -0.05) is 88.0 Å². The van der Waals surface area contributed by atoms with Gasteiger partial charge in [0.1, 0.15) is 42.1 Å². The number of Topliss-reactive ketones (excluding diaryl/α,β-unsaturated/α-hetero) is 1. The number of nitrogens with one attached hydrogen (secondary N) is 2. The molecule has 0 atom stereocenters. The van der Waals surface area contributed by atoms with Crippen molar-refractivity contribution < 1.29 is 45.0 Å². The maximum atomic E-state index is 12.8. The molecule has 0 aliphatic heterocycles. The molecule has 0 aliphatic rings. The number of carbonyl (C=O) groups excluding carboxylic acids is 1. The number of carbonyl (C=O) groups is 1. The number of hydrogen-bond donors (Lipinski definition) is 2. The highest BCUT2D eigenvalue weighted by Crippen LogP contribution is 2.41. The summed E-state index contributed by atoms with van der Waals surface area (Å²) in [6.07, 6.45) is -8.76. The standard InChI is InChI=1S/C29H31F3N2O2Si.C23H17F3N2O2.CH2Cl2/c1-19(36-37(5,6)28(2,3)4)23-9-7-8-10-24(23)20-11-16-25-26(17-20)34-27(33-25)18-35-22-14-12-21(13-15-22)29(30,31)32;1-14(29)18-4-2-3-5-19(18)15-6-11-20-21(12-15)28-22(27-20)13-30-17-9-7-16(8-10-17)23(24,25)26;2-1-3/h7-17H,1,18H2,2-6H3,(H,33,34);2-12H,13H2,1H3,(H,27,28);1H2. The molecule has 70 heavy (non-hydrogen) atoms. The number of alkyl halides is 8. The Kier molecular flexibility index (Phi) is 16.6. The smallest absolute Gasteiger partial charge is 0.416 e. The molecule has 17 heteroatoms. The zero-order valence-corrected chi connectivity index (χ0v) is 41.6. The number of nitrogens with zero attached hydrogens (tertiary/aromatic N) is 2. The van der Waals surface area contributed by atoms with E-state index in [-0.39, 0.29) is 29.4 Å². The minimum atomic E-state index is -4.38. The van der Waals surface area contributed by atoms with E-state index in [0.717, 1.165) is 74.1 Å². The third-order valence-electron chi connectivity index (χ3n) is 11.5. The molecule has 366 valence electrons. The van der Waals surface area contributed by atoms with Crippen LogP contribution in [-0.2, 0) is 30.0 Å². The number of rotatable bonds is 12. The van der Waals surface area contributed by atoms with Crippen molar-refractivity contribution >= 4 is 65.1 Å². The molecule has 0 fully saturated rings. The van der Waals surface area contributed by atoms with Crippen LogP contribution in [0.5, 0.6) is 11.5 Å². The first-order valence-corrected chi connectivity index (χ1v) is 25.7. The van der Waals surface area contributed by atoms with E-state index in [2.05, 4.69) is 60.4 Å². The number of aromatic nitrogens is 4. The van der Waals surface area contributed by atoms with E-state index in [1.165, 1.54) is 31.2 Å². The molecular weight excluding hydrogens is 970 g/mol. The fourth-order valence-electron chi connectivity index (χ4n) is 6.92. The van der Waals surface area contributed by atoms with Gasteiger partial charge >= 0.3 is 12.4 Å². The van der Waals surface area contributed by atoms with E-state index < -0.39 is 31.8 Å². The maximum Gasteiger partial charge on any atom is 0.416 e. The van der Waals surface area contributed by atoms with Crippen LogP contribution in [0, 0.1) is 0 Å². The monoisotopic (exact) mass is 1020 g/mol. The van der Waals surface area contributed by atoms with Crippen LogP contribution < -0.4 is 9.47 Å². The number of aromatic amines is 2. The second-order valence-electron chi connectivity index (χ2n) is 17.5. The predicted octanol–water partition coefficient (Wildman–Crippen LogP) is 16.3. The minimum absolute atomic E-state index is 0.0130. The van der Waals surface area contributed by atoms with Gasteiger partial charge in [0.25, 0.3) is 0 Å². The van der Waals surface area contributed by atoms with E-state index in [1.807, 2.05) is 78.9 Å². The van der Waals surface area contributed by atoms with Crippen molar-refractivity contribution in [3.8, 4) is 33.8 Å². The average molecular weight is 1020 g/mol. The van der Waals surface area contributed by atoms with Crippen molar-refractivity contribution in [2.45, 2.75) is 71.4 Å². The number of halogens is 8. The quantitative estimate of drug-likeness (QED) is 0.0416. The van der Waals surface area contributed by atoms with Crippen LogP contribution in [0.25, 0.3) is 50.1 Å². The Morgan fingerprint density at radius 3 is 1.39 bits per heavy atom. The molecule has 0 unspecified atom stereocenters. The Bertz CT molecular complexity index is 3070. The second kappa shape index (κ2) is 22.0. The molecule has 8 rings (SSSR count). The molecule has 0 radical (unpaired) electrons. The highest BCUT2D eigenvalue weighted by Gasteiger charge is 2.39. The number of benzene rings is 6. The Hall–Kier alpha value is -6.55. The molecular formula is C53H50Cl2F6N4O4Si. The summed E-state index contributed by atoms with van der Waals surface area (Å²) in [5.74, 6) is 2.43. The van der Waals surface area contributed by atoms with Gasteiger partial charge in [-0.2, -0.15) is 26.3 Å². The fraction of sp³-hybridized carbons (Fsp3) is 0.226. The van der Waals surface area contributed by atoms with E-state index >= 15 is 0 Å². The van der Waals surface area contributed by atoms with Crippen LogP contribution in [0.15, 0.2) is 140 Å². The van der Waals surface area contributed by atoms with E-state index in [4.69, 9.17) is 37.1 Å². The van der Waals surface area contributed by atoms with Gasteiger partial charge in [0.2, 0.25) is 8.32 Å². The molecule has 0 amide bonds. The van der Waals surface area contributed by atoms with Crippen molar-refractivity contribution in [1.82, 2.24) is 19.9 Å². The molecule has 2 aromatic heterocycles. The van der Waals surface area contributed by atoms with Gasteiger partial charge < -0.3 is 23.9 Å². The summed E-state index contributed by atoms with van der Waals surface area (Å²) >= 11 is 9.53. The lowest BCUT2D eigenvalue weighted by molar-refractivity contribution is -0.138. The van der Waals surface area contributed by atoms with Crippen molar-refractivity contribution in [3.05, 3.63) is 174 Å². The number of H-pyrrole nitrogens is 2. The summed E-state index contributed by atoms with van der Waals surface area (Å²) in [4.78, 5) is 27.3. The molecule has 2 heterocycles. The SMILES string of the molecule is C=C(O[Si](C)(C)C(C)(C)C)c1ccccc1-c1ccc2nc(COc3ccc(C(F)(F)F)cc3)[nH]c2c1.CC(=O)c1ccccc1-c1ccc2nc(COc3ccc(C(F)(F)F)cc3)[nH]c2c1.ClCCl. The Labute approximate surface area is 412 Å². The van der Waals surface area contributed by atoms with Gasteiger partial charge in [-0.15, -0.1) is 23.2 Å². The van der Waals surface area contributed by atoms with Gasteiger partial charge in [0.15, 0.2) is 5.78 Å². The Morgan fingerprint density at radius 1 is 0.614 bits per heavy atom. The first-order valence-electron chi connectivity index (χ1n) is 21.7. The van der Waals surface area contributed by atoms with Crippen LogP contribution >= 0.6 is 23.2 Å². The summed E-state index contributed by atoms with van der Waals surface area (Å²) in [6.45, 7) is 17.0. The van der Waals surface area contributed by atoms with Crippen molar-refractivity contribution in [2.24, 2.45) is 0 Å². The molecule has 2 N–H and O–H groups in total. The lowest BCUT2D eigenvalue weighted by Gasteiger charge is -2.37. The highest BCUT2D eigenvalue weighted by atomic mass is 35.5. The largest absolute Gasteiger partial charge is 0.543 e. The van der Waals surface area contributed by atoms with Crippen LogP contribution in [0.2, 0.25) is 18.1 Å². The Balaban J connectivity index is 0.000000221. The summed E-state index contributed by atoms with van der Waals surface area (Å²) in [7, 11) is -2.05.